The van der Waals surface area contributed by atoms with Crippen molar-refractivity contribution in [3.05, 3.63) is 30.4 Å². The van der Waals surface area contributed by atoms with Crippen LogP contribution >= 0.6 is 0 Å². The number of Topliss-reactive ketones (excluding diaryl/α,β-unsaturated/α-hetero) is 1. The molecule has 0 aromatic carbocycles. The van der Waals surface area contributed by atoms with E-state index in [0.717, 1.165) is 17.6 Å². The average Bonchev–Trinajstić information content (AvgIpc) is 2.72. The predicted molar refractivity (Wildman–Crippen MR) is 58.0 cm³/mol. The Morgan fingerprint density at radius 3 is 3.31 bits per heavy atom. The number of ketones is 1. The van der Waals surface area contributed by atoms with Crippen molar-refractivity contribution in [1.82, 2.24) is 19.9 Å². The van der Waals surface area contributed by atoms with Crippen molar-refractivity contribution in [2.24, 2.45) is 0 Å². The zero-order chi connectivity index (χ0) is 11.0. The summed E-state index contributed by atoms with van der Waals surface area (Å²) in [6, 6.07) is 2.11. The Balaban J connectivity index is 2.02. The minimum atomic E-state index is 0.109. The molecule has 1 aliphatic heterocycles. The van der Waals surface area contributed by atoms with Gasteiger partial charge in [-0.05, 0) is 11.6 Å². The molecule has 1 aliphatic rings. The minimum Gasteiger partial charge on any atom is -0.309 e. The molecule has 1 unspecified atom stereocenters. The van der Waals surface area contributed by atoms with Gasteiger partial charge in [0.15, 0.2) is 0 Å². The summed E-state index contributed by atoms with van der Waals surface area (Å²) >= 11 is 0. The van der Waals surface area contributed by atoms with Gasteiger partial charge in [-0.3, -0.25) is 4.79 Å². The summed E-state index contributed by atoms with van der Waals surface area (Å²) in [4.78, 5) is 15.4. The number of hydrogen-bond acceptors (Lipinski definition) is 4. The third-order valence-electron chi connectivity index (χ3n) is 2.98. The van der Waals surface area contributed by atoms with Crippen molar-refractivity contribution in [1.29, 1.82) is 0 Å². The topological polar surface area (TPSA) is 59.3 Å². The first-order chi connectivity index (χ1) is 7.84. The molecule has 5 nitrogen and oxygen atoms in total. The van der Waals surface area contributed by atoms with Gasteiger partial charge < -0.3 is 5.32 Å². The molecule has 0 aliphatic carbocycles. The van der Waals surface area contributed by atoms with Crippen molar-refractivity contribution in [3.8, 4) is 0 Å². The van der Waals surface area contributed by atoms with Gasteiger partial charge in [0.1, 0.15) is 12.1 Å². The molecule has 1 fully saturated rings. The van der Waals surface area contributed by atoms with E-state index in [2.05, 4.69) is 15.4 Å². The first-order valence-corrected chi connectivity index (χ1v) is 5.37. The normalized spacial score (nSPS) is 21.5. The SMILES string of the molecule is O=C1CCNC(c2ccn3ncncc23)C1. The first-order valence-electron chi connectivity index (χ1n) is 5.37. The Morgan fingerprint density at radius 1 is 1.50 bits per heavy atom. The summed E-state index contributed by atoms with van der Waals surface area (Å²) < 4.78 is 1.78. The maximum Gasteiger partial charge on any atom is 0.136 e. The Kier molecular flexibility index (Phi) is 2.18. The molecule has 0 radical (unpaired) electrons. The number of rotatable bonds is 1. The van der Waals surface area contributed by atoms with E-state index in [1.807, 2.05) is 12.3 Å². The molecule has 5 heteroatoms. The van der Waals surface area contributed by atoms with Crippen LogP contribution in [0.5, 0.6) is 0 Å². The zero-order valence-electron chi connectivity index (χ0n) is 8.76. The van der Waals surface area contributed by atoms with E-state index in [9.17, 15) is 4.79 Å². The Bertz CT molecular complexity index is 534. The van der Waals surface area contributed by atoms with Gasteiger partial charge in [-0.25, -0.2) is 9.50 Å². The summed E-state index contributed by atoms with van der Waals surface area (Å²) in [6.45, 7) is 0.758. The minimum absolute atomic E-state index is 0.109. The van der Waals surface area contributed by atoms with Crippen LogP contribution in [0.25, 0.3) is 5.52 Å². The largest absolute Gasteiger partial charge is 0.309 e. The highest BCUT2D eigenvalue weighted by Gasteiger charge is 2.22. The summed E-state index contributed by atoms with van der Waals surface area (Å²) in [7, 11) is 0. The molecule has 2 aromatic rings. The van der Waals surface area contributed by atoms with Crippen LogP contribution in [0, 0.1) is 0 Å². The molecule has 16 heavy (non-hydrogen) atoms. The molecule has 0 amide bonds. The van der Waals surface area contributed by atoms with Crippen molar-refractivity contribution >= 4 is 11.3 Å². The molecule has 3 heterocycles. The molecule has 1 N–H and O–H groups in total. The molecular formula is C11H12N4O. The molecule has 1 atom stereocenters. The lowest BCUT2D eigenvalue weighted by atomic mass is 9.98. The number of carbonyl (C=O) groups is 1. The lowest BCUT2D eigenvalue weighted by Gasteiger charge is -2.22. The average molecular weight is 216 g/mol. The molecule has 3 rings (SSSR count). The van der Waals surface area contributed by atoms with Gasteiger partial charge >= 0.3 is 0 Å². The second-order valence-corrected chi connectivity index (χ2v) is 4.01. The van der Waals surface area contributed by atoms with E-state index in [1.165, 1.54) is 6.33 Å². The van der Waals surface area contributed by atoms with Crippen LogP contribution in [0.4, 0.5) is 0 Å². The van der Waals surface area contributed by atoms with Crippen molar-refractivity contribution in [3.63, 3.8) is 0 Å². The van der Waals surface area contributed by atoms with Crippen LogP contribution in [0.1, 0.15) is 24.4 Å². The Morgan fingerprint density at radius 2 is 2.44 bits per heavy atom. The maximum atomic E-state index is 11.4. The van der Waals surface area contributed by atoms with Gasteiger partial charge in [-0.15, -0.1) is 0 Å². The van der Waals surface area contributed by atoms with Crippen molar-refractivity contribution < 1.29 is 4.79 Å². The van der Waals surface area contributed by atoms with Crippen LogP contribution in [0.2, 0.25) is 0 Å². The highest BCUT2D eigenvalue weighted by molar-refractivity contribution is 5.80. The number of piperidine rings is 1. The van der Waals surface area contributed by atoms with E-state index in [1.54, 1.807) is 10.7 Å². The van der Waals surface area contributed by atoms with Crippen molar-refractivity contribution in [2.75, 3.05) is 6.54 Å². The van der Waals surface area contributed by atoms with Crippen molar-refractivity contribution in [2.45, 2.75) is 18.9 Å². The van der Waals surface area contributed by atoms with Crippen LogP contribution in [0.15, 0.2) is 24.8 Å². The second-order valence-electron chi connectivity index (χ2n) is 4.01. The number of aromatic nitrogens is 3. The van der Waals surface area contributed by atoms with Gasteiger partial charge in [0.05, 0.1) is 11.7 Å². The lowest BCUT2D eigenvalue weighted by Crippen LogP contribution is -2.31. The van der Waals surface area contributed by atoms with Gasteiger partial charge in [0, 0.05) is 31.6 Å². The van der Waals surface area contributed by atoms with Gasteiger partial charge in [0.25, 0.3) is 0 Å². The quantitative estimate of drug-likeness (QED) is 0.763. The fourth-order valence-corrected chi connectivity index (χ4v) is 2.17. The Labute approximate surface area is 92.5 Å². The molecule has 82 valence electrons. The number of carbonyl (C=O) groups excluding carboxylic acids is 1. The highest BCUT2D eigenvalue weighted by atomic mass is 16.1. The third-order valence-corrected chi connectivity index (χ3v) is 2.98. The van der Waals surface area contributed by atoms with E-state index in [-0.39, 0.29) is 6.04 Å². The third kappa shape index (κ3) is 1.49. The van der Waals surface area contributed by atoms with Crippen LogP contribution < -0.4 is 5.32 Å². The van der Waals surface area contributed by atoms with Crippen LogP contribution in [-0.4, -0.2) is 26.9 Å². The van der Waals surface area contributed by atoms with E-state index in [4.69, 9.17) is 0 Å². The number of fused-ring (bicyclic) bond motifs is 1. The molecular weight excluding hydrogens is 204 g/mol. The summed E-state index contributed by atoms with van der Waals surface area (Å²) in [5.74, 6) is 0.319. The van der Waals surface area contributed by atoms with E-state index >= 15 is 0 Å². The van der Waals surface area contributed by atoms with E-state index in [0.29, 0.717) is 18.6 Å². The monoisotopic (exact) mass is 216 g/mol. The number of nitrogens with one attached hydrogen (secondary N) is 1. The van der Waals surface area contributed by atoms with Gasteiger partial charge in [0.2, 0.25) is 0 Å². The van der Waals surface area contributed by atoms with E-state index < -0.39 is 0 Å². The molecule has 0 spiro atoms. The Hall–Kier alpha value is -1.75. The summed E-state index contributed by atoms with van der Waals surface area (Å²) in [5.41, 5.74) is 2.07. The van der Waals surface area contributed by atoms with Gasteiger partial charge in [-0.1, -0.05) is 0 Å². The zero-order valence-corrected chi connectivity index (χ0v) is 8.76. The first kappa shape index (κ1) is 9.47. The maximum absolute atomic E-state index is 11.4. The summed E-state index contributed by atoms with van der Waals surface area (Å²) in [5, 5.41) is 7.46. The van der Waals surface area contributed by atoms with Crippen LogP contribution in [-0.2, 0) is 4.79 Å². The smallest absolute Gasteiger partial charge is 0.136 e. The number of nitrogens with zero attached hydrogens (tertiary/aromatic N) is 3. The predicted octanol–water partition coefficient (Wildman–Crippen LogP) is 0.723. The standard InChI is InChI=1S/C11H12N4O/c16-8-1-3-13-10(5-8)9-2-4-15-11(9)6-12-7-14-15/h2,4,6-7,10,13H,1,3,5H2. The molecule has 2 aromatic heterocycles. The molecule has 1 saturated heterocycles. The highest BCUT2D eigenvalue weighted by Crippen LogP contribution is 2.24. The van der Waals surface area contributed by atoms with Crippen LogP contribution in [0.3, 0.4) is 0 Å². The second kappa shape index (κ2) is 3.68. The fraction of sp³-hybridized carbons (Fsp3) is 0.364. The molecule has 0 saturated carbocycles. The summed E-state index contributed by atoms with van der Waals surface area (Å²) in [6.07, 6.45) is 6.39. The fourth-order valence-electron chi connectivity index (χ4n) is 2.17. The van der Waals surface area contributed by atoms with Gasteiger partial charge in [-0.2, -0.15) is 5.10 Å². The molecule has 0 bridgehead atoms. The lowest BCUT2D eigenvalue weighted by molar-refractivity contribution is -0.120. The number of hydrogen-bond donors (Lipinski definition) is 1.